The van der Waals surface area contributed by atoms with E-state index in [9.17, 15) is 0 Å². The summed E-state index contributed by atoms with van der Waals surface area (Å²) in [5, 5.41) is 13.3. The Bertz CT molecular complexity index is 604. The Labute approximate surface area is 115 Å². The summed E-state index contributed by atoms with van der Waals surface area (Å²) in [6.45, 7) is 0.551. The van der Waals surface area contributed by atoms with Crippen molar-refractivity contribution in [1.29, 1.82) is 5.26 Å². The van der Waals surface area contributed by atoms with Crippen LogP contribution in [0, 0.1) is 11.3 Å². The Morgan fingerprint density at radius 2 is 2.21 bits per heavy atom. The van der Waals surface area contributed by atoms with Crippen LogP contribution in [0.1, 0.15) is 17.0 Å². The van der Waals surface area contributed by atoms with Crippen molar-refractivity contribution in [3.8, 4) is 11.8 Å². The predicted molar refractivity (Wildman–Crippen MR) is 67.7 cm³/mol. The minimum Gasteiger partial charge on any atom is -0.486 e. The normalized spacial score (nSPS) is 10.2. The molecule has 98 valence electrons. The molecular formula is C13H11ClN2O3. The molecule has 0 amide bonds. The quantitative estimate of drug-likeness (QED) is 0.841. The molecule has 0 radical (unpaired) electrons. The Kier molecular flexibility index (Phi) is 4.39. The van der Waals surface area contributed by atoms with Gasteiger partial charge in [-0.1, -0.05) is 16.8 Å². The van der Waals surface area contributed by atoms with E-state index >= 15 is 0 Å². The number of aromatic nitrogens is 1. The van der Waals surface area contributed by atoms with Gasteiger partial charge in [0.25, 0.3) is 0 Å². The van der Waals surface area contributed by atoms with Gasteiger partial charge >= 0.3 is 0 Å². The number of halogens is 1. The molecule has 0 saturated heterocycles. The molecule has 2 rings (SSSR count). The van der Waals surface area contributed by atoms with E-state index in [1.165, 1.54) is 0 Å². The zero-order valence-corrected chi connectivity index (χ0v) is 11.0. The van der Waals surface area contributed by atoms with Crippen molar-refractivity contribution in [1.82, 2.24) is 5.16 Å². The lowest BCUT2D eigenvalue weighted by molar-refractivity contribution is 0.155. The Balaban J connectivity index is 2.05. The van der Waals surface area contributed by atoms with E-state index in [-0.39, 0.29) is 6.61 Å². The molecule has 1 aromatic carbocycles. The Morgan fingerprint density at radius 1 is 1.37 bits per heavy atom. The molecule has 19 heavy (non-hydrogen) atoms. The molecule has 0 atom stereocenters. The van der Waals surface area contributed by atoms with Crippen LogP contribution in [0.25, 0.3) is 0 Å². The fraction of sp³-hybridized carbons (Fsp3) is 0.231. The molecule has 2 aromatic rings. The second kappa shape index (κ2) is 6.23. The zero-order chi connectivity index (χ0) is 13.7. The predicted octanol–water partition coefficient (Wildman–Crippen LogP) is 2.93. The van der Waals surface area contributed by atoms with E-state index in [4.69, 9.17) is 30.9 Å². The standard InChI is InChI=1S/C13H11ClN2O3/c1-17-8-12-5-11(16-19-12)7-18-13-4-10(14)3-2-9(13)6-15/h2-5H,7-8H2,1H3. The van der Waals surface area contributed by atoms with Crippen LogP contribution in [-0.4, -0.2) is 12.3 Å². The molecule has 0 N–H and O–H groups in total. The highest BCUT2D eigenvalue weighted by Crippen LogP contribution is 2.23. The average molecular weight is 279 g/mol. The number of nitriles is 1. The van der Waals surface area contributed by atoms with E-state index in [0.29, 0.717) is 34.4 Å². The highest BCUT2D eigenvalue weighted by Gasteiger charge is 2.08. The lowest BCUT2D eigenvalue weighted by atomic mass is 10.2. The number of rotatable bonds is 5. The van der Waals surface area contributed by atoms with E-state index in [2.05, 4.69) is 5.16 Å². The van der Waals surface area contributed by atoms with E-state index in [1.54, 1.807) is 31.4 Å². The first-order valence-electron chi connectivity index (χ1n) is 5.49. The molecule has 0 fully saturated rings. The van der Waals surface area contributed by atoms with Gasteiger partial charge in [0, 0.05) is 24.3 Å². The van der Waals surface area contributed by atoms with Gasteiger partial charge in [-0.3, -0.25) is 0 Å². The van der Waals surface area contributed by atoms with Crippen molar-refractivity contribution in [3.63, 3.8) is 0 Å². The van der Waals surface area contributed by atoms with Crippen LogP contribution in [0.2, 0.25) is 5.02 Å². The highest BCUT2D eigenvalue weighted by molar-refractivity contribution is 6.30. The first-order chi connectivity index (χ1) is 9.22. The molecule has 0 unspecified atom stereocenters. The molecule has 0 aliphatic heterocycles. The van der Waals surface area contributed by atoms with Crippen LogP contribution < -0.4 is 4.74 Å². The summed E-state index contributed by atoms with van der Waals surface area (Å²) < 4.78 is 15.5. The Hall–Kier alpha value is -2.03. The lowest BCUT2D eigenvalue weighted by Crippen LogP contribution is -1.97. The maximum absolute atomic E-state index is 8.96. The molecule has 0 saturated carbocycles. The van der Waals surface area contributed by atoms with Gasteiger partial charge < -0.3 is 14.0 Å². The third-order valence-electron chi connectivity index (χ3n) is 2.33. The number of ether oxygens (including phenoxy) is 2. The second-order valence-corrected chi connectivity index (χ2v) is 4.19. The fourth-order valence-electron chi connectivity index (χ4n) is 1.49. The summed E-state index contributed by atoms with van der Waals surface area (Å²) in [6, 6.07) is 8.61. The Morgan fingerprint density at radius 3 is 2.95 bits per heavy atom. The van der Waals surface area contributed by atoms with Gasteiger partial charge in [0.1, 0.15) is 30.7 Å². The summed E-state index contributed by atoms with van der Waals surface area (Å²) in [5.74, 6) is 1.04. The fourth-order valence-corrected chi connectivity index (χ4v) is 1.66. The summed E-state index contributed by atoms with van der Waals surface area (Å²) >= 11 is 5.86. The number of methoxy groups -OCH3 is 1. The van der Waals surface area contributed by atoms with Gasteiger partial charge in [-0.2, -0.15) is 5.26 Å². The largest absolute Gasteiger partial charge is 0.486 e. The van der Waals surface area contributed by atoms with Gasteiger partial charge in [-0.25, -0.2) is 0 Å². The van der Waals surface area contributed by atoms with Gasteiger partial charge in [-0.15, -0.1) is 0 Å². The van der Waals surface area contributed by atoms with Crippen LogP contribution in [0.3, 0.4) is 0 Å². The van der Waals surface area contributed by atoms with Gasteiger partial charge in [-0.05, 0) is 12.1 Å². The molecule has 6 heteroatoms. The van der Waals surface area contributed by atoms with Crippen molar-refractivity contribution >= 4 is 11.6 Å². The summed E-state index contributed by atoms with van der Waals surface area (Å²) in [6.07, 6.45) is 0. The second-order valence-electron chi connectivity index (χ2n) is 3.76. The van der Waals surface area contributed by atoms with Crippen molar-refractivity contribution < 1.29 is 14.0 Å². The maximum Gasteiger partial charge on any atom is 0.162 e. The van der Waals surface area contributed by atoms with Gasteiger partial charge in [0.2, 0.25) is 0 Å². The molecule has 0 bridgehead atoms. The molecule has 0 aliphatic carbocycles. The number of benzene rings is 1. The number of hydrogen-bond donors (Lipinski definition) is 0. The van der Waals surface area contributed by atoms with Crippen LogP contribution in [0.5, 0.6) is 5.75 Å². The third kappa shape index (κ3) is 3.47. The monoisotopic (exact) mass is 278 g/mol. The highest BCUT2D eigenvalue weighted by atomic mass is 35.5. The lowest BCUT2D eigenvalue weighted by Gasteiger charge is -2.05. The van der Waals surface area contributed by atoms with Crippen LogP contribution in [0.15, 0.2) is 28.8 Å². The molecule has 0 aliphatic rings. The van der Waals surface area contributed by atoms with Gasteiger partial charge in [0.15, 0.2) is 5.76 Å². The van der Waals surface area contributed by atoms with Crippen LogP contribution in [-0.2, 0) is 18.0 Å². The minimum absolute atomic E-state index is 0.197. The zero-order valence-electron chi connectivity index (χ0n) is 10.2. The van der Waals surface area contributed by atoms with E-state index < -0.39 is 0 Å². The summed E-state index contributed by atoms with van der Waals surface area (Å²) in [7, 11) is 1.57. The summed E-state index contributed by atoms with van der Waals surface area (Å²) in [5.41, 5.74) is 1.04. The molecule has 0 spiro atoms. The first kappa shape index (κ1) is 13.4. The topological polar surface area (TPSA) is 68.3 Å². The van der Waals surface area contributed by atoms with Crippen molar-refractivity contribution in [2.24, 2.45) is 0 Å². The molecule has 1 aromatic heterocycles. The molecule has 1 heterocycles. The third-order valence-corrected chi connectivity index (χ3v) is 2.57. The van der Waals surface area contributed by atoms with Crippen molar-refractivity contribution in [2.75, 3.05) is 7.11 Å². The van der Waals surface area contributed by atoms with Crippen molar-refractivity contribution in [3.05, 3.63) is 46.3 Å². The van der Waals surface area contributed by atoms with Crippen LogP contribution in [0.4, 0.5) is 0 Å². The summed E-state index contributed by atoms with van der Waals surface area (Å²) in [4.78, 5) is 0. The smallest absolute Gasteiger partial charge is 0.162 e. The number of nitrogens with zero attached hydrogens (tertiary/aromatic N) is 2. The number of hydrogen-bond acceptors (Lipinski definition) is 5. The average Bonchev–Trinajstić information content (AvgIpc) is 2.85. The molecule has 5 nitrogen and oxygen atoms in total. The van der Waals surface area contributed by atoms with E-state index in [0.717, 1.165) is 0 Å². The van der Waals surface area contributed by atoms with Crippen molar-refractivity contribution in [2.45, 2.75) is 13.2 Å². The minimum atomic E-state index is 0.197. The van der Waals surface area contributed by atoms with Gasteiger partial charge in [0.05, 0.1) is 5.56 Å². The van der Waals surface area contributed by atoms with Crippen LogP contribution >= 0.6 is 11.6 Å². The SMILES string of the molecule is COCc1cc(COc2cc(Cl)ccc2C#N)no1. The maximum atomic E-state index is 8.96. The first-order valence-corrected chi connectivity index (χ1v) is 5.86. The molecular weight excluding hydrogens is 268 g/mol. The van der Waals surface area contributed by atoms with E-state index in [1.807, 2.05) is 6.07 Å².